The van der Waals surface area contributed by atoms with Gasteiger partial charge in [-0.2, -0.15) is 0 Å². The molecule has 0 aliphatic heterocycles. The van der Waals surface area contributed by atoms with Crippen molar-refractivity contribution in [3.8, 4) is 5.69 Å². The molecule has 3 heteroatoms. The fourth-order valence-electron chi connectivity index (χ4n) is 1.54. The van der Waals surface area contributed by atoms with E-state index in [1.807, 2.05) is 35.0 Å². The van der Waals surface area contributed by atoms with Gasteiger partial charge in [-0.3, -0.25) is 0 Å². The van der Waals surface area contributed by atoms with E-state index in [0.717, 1.165) is 11.4 Å². The minimum atomic E-state index is 0.469. The fourth-order valence-corrected chi connectivity index (χ4v) is 1.54. The summed E-state index contributed by atoms with van der Waals surface area (Å²) in [5, 5.41) is 0. The Hall–Kier alpha value is -1.77. The Bertz CT molecular complexity index is 457. The zero-order chi connectivity index (χ0) is 10.8. The highest BCUT2D eigenvalue weighted by Gasteiger charge is 2.10. The van der Waals surface area contributed by atoms with E-state index in [1.54, 1.807) is 0 Å². The van der Waals surface area contributed by atoms with E-state index in [9.17, 15) is 0 Å². The van der Waals surface area contributed by atoms with Crippen molar-refractivity contribution in [2.45, 2.75) is 19.9 Å². The Morgan fingerprint density at radius 3 is 2.60 bits per heavy atom. The minimum absolute atomic E-state index is 0.469. The maximum atomic E-state index is 5.91. The number of nitrogens with zero attached hydrogens (tertiary/aromatic N) is 2. The van der Waals surface area contributed by atoms with Crippen LogP contribution in [-0.2, 0) is 0 Å². The van der Waals surface area contributed by atoms with Crippen LogP contribution in [0.1, 0.15) is 19.9 Å². The molecule has 1 aromatic carbocycles. The summed E-state index contributed by atoms with van der Waals surface area (Å²) in [7, 11) is 0. The van der Waals surface area contributed by atoms with Gasteiger partial charge in [0.25, 0.3) is 0 Å². The lowest BCUT2D eigenvalue weighted by atomic mass is 10.3. The highest BCUT2D eigenvalue weighted by Crippen LogP contribution is 2.15. The van der Waals surface area contributed by atoms with Gasteiger partial charge in [0.05, 0.1) is 11.7 Å². The number of hydrogen-bond acceptors (Lipinski definition) is 1. The van der Waals surface area contributed by atoms with Crippen LogP contribution in [0.2, 0.25) is 0 Å². The standard InChI is InChI=1S/C12H16N3/c1-10(2)14-7-8-15(9-14)12-6-4-3-5-11(12)13/h3-10H,13H2,1-2H3/q+1. The number of hydrogen-bond donors (Lipinski definition) is 1. The van der Waals surface area contributed by atoms with Crippen LogP contribution in [-0.4, -0.2) is 4.57 Å². The number of benzene rings is 1. The molecule has 0 fully saturated rings. The molecule has 0 saturated carbocycles. The monoisotopic (exact) mass is 202 g/mol. The van der Waals surface area contributed by atoms with Gasteiger partial charge in [-0.25, -0.2) is 9.13 Å². The van der Waals surface area contributed by atoms with Gasteiger partial charge in [-0.15, -0.1) is 0 Å². The predicted octanol–water partition coefficient (Wildman–Crippen LogP) is 1.93. The zero-order valence-corrected chi connectivity index (χ0v) is 9.09. The van der Waals surface area contributed by atoms with E-state index in [-0.39, 0.29) is 0 Å². The van der Waals surface area contributed by atoms with Gasteiger partial charge in [0, 0.05) is 0 Å². The van der Waals surface area contributed by atoms with E-state index in [2.05, 4.69) is 30.9 Å². The molecule has 0 amide bonds. The lowest BCUT2D eigenvalue weighted by Gasteiger charge is -2.00. The van der Waals surface area contributed by atoms with Crippen LogP contribution in [0.25, 0.3) is 5.69 Å². The fraction of sp³-hybridized carbons (Fsp3) is 0.250. The smallest absolute Gasteiger partial charge is 0.249 e. The molecule has 3 nitrogen and oxygen atoms in total. The first-order chi connectivity index (χ1) is 7.18. The first kappa shape index (κ1) is 9.77. The van der Waals surface area contributed by atoms with Crippen LogP contribution in [0.5, 0.6) is 0 Å². The summed E-state index contributed by atoms with van der Waals surface area (Å²) in [6.07, 6.45) is 6.12. The number of nitrogens with two attached hydrogens (primary N) is 1. The van der Waals surface area contributed by atoms with Gasteiger partial charge in [0.2, 0.25) is 6.33 Å². The van der Waals surface area contributed by atoms with Crippen molar-refractivity contribution in [3.05, 3.63) is 43.0 Å². The van der Waals surface area contributed by atoms with Crippen molar-refractivity contribution in [3.63, 3.8) is 0 Å². The lowest BCUT2D eigenvalue weighted by Crippen LogP contribution is -2.33. The summed E-state index contributed by atoms with van der Waals surface area (Å²) in [5.41, 5.74) is 7.73. The molecule has 15 heavy (non-hydrogen) atoms. The number of rotatable bonds is 2. The largest absolute Gasteiger partial charge is 0.395 e. The maximum Gasteiger partial charge on any atom is 0.249 e. The van der Waals surface area contributed by atoms with Crippen molar-refractivity contribution >= 4 is 5.69 Å². The molecule has 0 saturated heterocycles. The van der Waals surface area contributed by atoms with Crippen LogP contribution >= 0.6 is 0 Å². The van der Waals surface area contributed by atoms with Crippen LogP contribution in [0, 0.1) is 0 Å². The van der Waals surface area contributed by atoms with Crippen LogP contribution in [0.3, 0.4) is 0 Å². The molecule has 1 aromatic heterocycles. The third-order valence-electron chi connectivity index (χ3n) is 2.47. The Morgan fingerprint density at radius 1 is 1.27 bits per heavy atom. The highest BCUT2D eigenvalue weighted by atomic mass is 15.1. The van der Waals surface area contributed by atoms with E-state index < -0.39 is 0 Å². The topological polar surface area (TPSA) is 34.8 Å². The van der Waals surface area contributed by atoms with E-state index in [1.165, 1.54) is 0 Å². The average molecular weight is 202 g/mol. The average Bonchev–Trinajstić information content (AvgIpc) is 2.67. The second-order valence-electron chi connectivity index (χ2n) is 3.92. The second kappa shape index (κ2) is 3.77. The van der Waals surface area contributed by atoms with Crippen LogP contribution in [0.4, 0.5) is 5.69 Å². The number of anilines is 1. The first-order valence-corrected chi connectivity index (χ1v) is 5.12. The molecule has 1 heterocycles. The molecule has 0 spiro atoms. The number of aromatic nitrogens is 2. The summed E-state index contributed by atoms with van der Waals surface area (Å²) in [4.78, 5) is 0. The number of para-hydroxylation sites is 2. The summed E-state index contributed by atoms with van der Waals surface area (Å²) in [6.45, 7) is 4.30. The quantitative estimate of drug-likeness (QED) is 0.586. The van der Waals surface area contributed by atoms with Crippen molar-refractivity contribution in [2.24, 2.45) is 0 Å². The normalized spacial score (nSPS) is 10.9. The van der Waals surface area contributed by atoms with Crippen molar-refractivity contribution in [2.75, 3.05) is 5.73 Å². The summed E-state index contributed by atoms with van der Waals surface area (Å²) in [5.74, 6) is 0. The molecule has 0 bridgehead atoms. The Morgan fingerprint density at radius 2 is 2.00 bits per heavy atom. The third-order valence-corrected chi connectivity index (χ3v) is 2.47. The maximum absolute atomic E-state index is 5.91. The third kappa shape index (κ3) is 1.86. The first-order valence-electron chi connectivity index (χ1n) is 5.12. The highest BCUT2D eigenvalue weighted by molar-refractivity contribution is 5.57. The number of imidazole rings is 1. The summed E-state index contributed by atoms with van der Waals surface area (Å²) >= 11 is 0. The molecule has 0 aliphatic rings. The van der Waals surface area contributed by atoms with Gasteiger partial charge < -0.3 is 5.73 Å². The Kier molecular flexibility index (Phi) is 2.46. The van der Waals surface area contributed by atoms with Gasteiger partial charge in [-0.1, -0.05) is 12.1 Å². The molecule has 78 valence electrons. The van der Waals surface area contributed by atoms with Crippen molar-refractivity contribution in [1.82, 2.24) is 4.57 Å². The minimum Gasteiger partial charge on any atom is -0.395 e. The van der Waals surface area contributed by atoms with Gasteiger partial charge in [-0.05, 0) is 26.0 Å². The molecule has 0 atom stereocenters. The molecular formula is C12H16N3+. The van der Waals surface area contributed by atoms with Gasteiger partial charge in [0.15, 0.2) is 5.69 Å². The van der Waals surface area contributed by atoms with E-state index in [4.69, 9.17) is 5.73 Å². The molecule has 0 unspecified atom stereocenters. The van der Waals surface area contributed by atoms with E-state index in [0.29, 0.717) is 6.04 Å². The molecule has 0 radical (unpaired) electrons. The molecule has 2 aromatic rings. The van der Waals surface area contributed by atoms with Crippen molar-refractivity contribution < 1.29 is 4.57 Å². The van der Waals surface area contributed by atoms with Crippen LogP contribution in [0.15, 0.2) is 43.0 Å². The van der Waals surface area contributed by atoms with Gasteiger partial charge in [0.1, 0.15) is 12.4 Å². The molecular weight excluding hydrogens is 186 g/mol. The summed E-state index contributed by atoms with van der Waals surface area (Å²) < 4.78 is 4.18. The SMILES string of the molecule is CC(C)[n+]1ccn(-c2ccccc2N)c1. The van der Waals surface area contributed by atoms with E-state index >= 15 is 0 Å². The number of nitrogen functional groups attached to an aromatic ring is 1. The molecule has 2 N–H and O–H groups in total. The summed E-state index contributed by atoms with van der Waals surface area (Å²) in [6, 6.07) is 8.33. The lowest BCUT2D eigenvalue weighted by molar-refractivity contribution is -0.715. The second-order valence-corrected chi connectivity index (χ2v) is 3.92. The van der Waals surface area contributed by atoms with Crippen molar-refractivity contribution in [1.29, 1.82) is 0 Å². The van der Waals surface area contributed by atoms with Gasteiger partial charge >= 0.3 is 0 Å². The Labute approximate surface area is 89.8 Å². The predicted molar refractivity (Wildman–Crippen MR) is 60.8 cm³/mol. The Balaban J connectivity index is 2.42. The zero-order valence-electron chi connectivity index (χ0n) is 9.09. The molecule has 2 rings (SSSR count). The van der Waals surface area contributed by atoms with Crippen LogP contribution < -0.4 is 10.3 Å². The molecule has 0 aliphatic carbocycles.